The summed E-state index contributed by atoms with van der Waals surface area (Å²) in [6.45, 7) is 9.02. The van der Waals surface area contributed by atoms with Crippen molar-refractivity contribution >= 4 is 10.9 Å². The molecule has 0 atom stereocenters. The Balaban J connectivity index is 1.39. The number of aromatic nitrogens is 1. The number of hydrogen-bond donors (Lipinski definition) is 0. The molecule has 7 nitrogen and oxygen atoms in total. The highest BCUT2D eigenvalue weighted by Gasteiger charge is 2.20. The van der Waals surface area contributed by atoms with Gasteiger partial charge in [-0.05, 0) is 96.4 Å². The van der Waals surface area contributed by atoms with Crippen LogP contribution in [0.1, 0.15) is 37.9 Å². The molecule has 0 saturated carbocycles. The lowest BCUT2D eigenvalue weighted by Gasteiger charge is -2.28. The van der Waals surface area contributed by atoms with Gasteiger partial charge in [0.15, 0.2) is 17.3 Å². The summed E-state index contributed by atoms with van der Waals surface area (Å²) in [7, 11) is 3.87. The molecule has 0 unspecified atom stereocenters. The van der Waals surface area contributed by atoms with Gasteiger partial charge in [0, 0.05) is 24.1 Å². The molecule has 2 aromatic heterocycles. The van der Waals surface area contributed by atoms with Gasteiger partial charge in [0.2, 0.25) is 0 Å². The lowest BCUT2D eigenvalue weighted by atomic mass is 9.98. The maximum absolute atomic E-state index is 6.46. The highest BCUT2D eigenvalue weighted by atomic mass is 16.5. The highest BCUT2D eigenvalue weighted by Crippen LogP contribution is 2.38. The van der Waals surface area contributed by atoms with Gasteiger partial charge in [-0.2, -0.15) is 0 Å². The number of pyridine rings is 1. The number of rotatable bonds is 10. The molecule has 2 aliphatic heterocycles. The Labute approximate surface area is 214 Å². The van der Waals surface area contributed by atoms with Gasteiger partial charge in [-0.25, -0.2) is 4.98 Å². The molecule has 2 saturated heterocycles. The second-order valence-corrected chi connectivity index (χ2v) is 10.2. The van der Waals surface area contributed by atoms with E-state index in [2.05, 4.69) is 16.8 Å². The van der Waals surface area contributed by atoms with Crippen LogP contribution in [0.25, 0.3) is 22.4 Å². The third-order valence-electron chi connectivity index (χ3n) is 7.44. The fourth-order valence-corrected chi connectivity index (χ4v) is 5.21. The Kier molecular flexibility index (Phi) is 7.97. The molecule has 194 valence electrons. The van der Waals surface area contributed by atoms with E-state index in [1.54, 1.807) is 7.11 Å². The number of hydrogen-bond acceptors (Lipinski definition) is 7. The smallest absolute Gasteiger partial charge is 0.163 e. The molecule has 2 fully saturated rings. The number of ether oxygens (including phenoxy) is 3. The summed E-state index contributed by atoms with van der Waals surface area (Å²) in [6, 6.07) is 9.89. The molecule has 0 spiro atoms. The van der Waals surface area contributed by atoms with Crippen molar-refractivity contribution in [2.75, 3.05) is 60.1 Å². The fourth-order valence-electron chi connectivity index (χ4n) is 5.21. The van der Waals surface area contributed by atoms with Crippen molar-refractivity contribution in [3.63, 3.8) is 0 Å². The first-order valence-corrected chi connectivity index (χ1v) is 13.3. The number of likely N-dealkylation sites (tertiary alicyclic amines) is 2. The Bertz CT molecular complexity index is 1150. The van der Waals surface area contributed by atoms with Gasteiger partial charge in [0.1, 0.15) is 17.2 Å². The number of nitrogens with zero attached hydrogens (tertiary/aromatic N) is 3. The van der Waals surface area contributed by atoms with E-state index < -0.39 is 0 Å². The monoisotopic (exact) mass is 493 g/mol. The zero-order valence-corrected chi connectivity index (χ0v) is 21.9. The van der Waals surface area contributed by atoms with Gasteiger partial charge in [0.25, 0.3) is 0 Å². The summed E-state index contributed by atoms with van der Waals surface area (Å²) >= 11 is 0. The van der Waals surface area contributed by atoms with Crippen molar-refractivity contribution in [1.82, 2.24) is 14.8 Å². The van der Waals surface area contributed by atoms with Gasteiger partial charge >= 0.3 is 0 Å². The molecule has 0 radical (unpaired) electrons. The summed E-state index contributed by atoms with van der Waals surface area (Å²) in [6.07, 6.45) is 5.92. The normalized spacial score (nSPS) is 17.6. The lowest BCUT2D eigenvalue weighted by Crippen LogP contribution is -2.32. The maximum Gasteiger partial charge on any atom is 0.163 e. The molecule has 5 rings (SSSR count). The quantitative estimate of drug-likeness (QED) is 0.351. The van der Waals surface area contributed by atoms with Crippen molar-refractivity contribution in [3.05, 3.63) is 36.1 Å². The predicted molar refractivity (Wildman–Crippen MR) is 142 cm³/mol. The summed E-state index contributed by atoms with van der Waals surface area (Å²) in [5, 5.41) is 0.927. The van der Waals surface area contributed by atoms with Crippen LogP contribution in [0.3, 0.4) is 0 Å². The summed E-state index contributed by atoms with van der Waals surface area (Å²) in [5.74, 6) is 4.38. The first kappa shape index (κ1) is 24.9. The van der Waals surface area contributed by atoms with Crippen LogP contribution in [0.2, 0.25) is 0 Å². The molecule has 36 heavy (non-hydrogen) atoms. The maximum atomic E-state index is 6.46. The summed E-state index contributed by atoms with van der Waals surface area (Å²) in [4.78, 5) is 9.82. The molecule has 0 N–H and O–H groups in total. The molecule has 2 aliphatic rings. The summed E-state index contributed by atoms with van der Waals surface area (Å²) in [5.41, 5.74) is 1.58. The van der Waals surface area contributed by atoms with Crippen molar-refractivity contribution in [3.8, 4) is 28.7 Å². The molecule has 0 aliphatic carbocycles. The third kappa shape index (κ3) is 5.95. The van der Waals surface area contributed by atoms with E-state index >= 15 is 0 Å². The van der Waals surface area contributed by atoms with Crippen LogP contribution >= 0.6 is 0 Å². The molecule has 0 amide bonds. The minimum absolute atomic E-state index is 0.554. The number of piperidine rings is 1. The van der Waals surface area contributed by atoms with Crippen molar-refractivity contribution in [2.24, 2.45) is 5.92 Å². The zero-order valence-electron chi connectivity index (χ0n) is 21.9. The second-order valence-electron chi connectivity index (χ2n) is 10.2. The third-order valence-corrected chi connectivity index (χ3v) is 7.44. The largest absolute Gasteiger partial charge is 0.493 e. The van der Waals surface area contributed by atoms with E-state index in [9.17, 15) is 0 Å². The van der Waals surface area contributed by atoms with Gasteiger partial charge in [-0.1, -0.05) is 0 Å². The molecule has 7 heteroatoms. The van der Waals surface area contributed by atoms with Crippen molar-refractivity contribution < 1.29 is 18.6 Å². The highest BCUT2D eigenvalue weighted by molar-refractivity contribution is 5.90. The summed E-state index contributed by atoms with van der Waals surface area (Å²) < 4.78 is 24.3. The predicted octanol–water partition coefficient (Wildman–Crippen LogP) is 5.40. The van der Waals surface area contributed by atoms with E-state index in [1.807, 2.05) is 37.3 Å². The Morgan fingerprint density at radius 3 is 2.50 bits per heavy atom. The average molecular weight is 494 g/mol. The number of furan rings is 1. The molecule has 3 aromatic rings. The van der Waals surface area contributed by atoms with Crippen LogP contribution in [0.5, 0.6) is 17.2 Å². The van der Waals surface area contributed by atoms with Gasteiger partial charge < -0.3 is 28.4 Å². The SMILES string of the molecule is COc1cc2c(OCC3CCN(C)CC3)cc(-c3ccc(C)o3)nc2cc1OCCCN1CCCC1. The molecule has 0 bridgehead atoms. The number of methoxy groups -OCH3 is 1. The van der Waals surface area contributed by atoms with E-state index in [0.717, 1.165) is 72.8 Å². The van der Waals surface area contributed by atoms with Gasteiger partial charge in [-0.15, -0.1) is 0 Å². The van der Waals surface area contributed by atoms with E-state index in [1.165, 1.54) is 25.9 Å². The lowest BCUT2D eigenvalue weighted by molar-refractivity contribution is 0.161. The van der Waals surface area contributed by atoms with Gasteiger partial charge in [-0.3, -0.25) is 0 Å². The number of fused-ring (bicyclic) bond motifs is 1. The Morgan fingerprint density at radius 1 is 0.972 bits per heavy atom. The van der Waals surface area contributed by atoms with Crippen molar-refractivity contribution in [1.29, 1.82) is 0 Å². The molecular weight excluding hydrogens is 454 g/mol. The average Bonchev–Trinajstić information content (AvgIpc) is 3.57. The minimum Gasteiger partial charge on any atom is -0.493 e. The van der Waals surface area contributed by atoms with Crippen LogP contribution < -0.4 is 14.2 Å². The second kappa shape index (κ2) is 11.5. The van der Waals surface area contributed by atoms with E-state index in [0.29, 0.717) is 30.6 Å². The van der Waals surface area contributed by atoms with Crippen molar-refractivity contribution in [2.45, 2.75) is 39.0 Å². The topological polar surface area (TPSA) is 60.2 Å². The number of aryl methyl sites for hydroxylation is 1. The molecular formula is C29H39N3O4. The fraction of sp³-hybridized carbons (Fsp3) is 0.552. The Hall–Kier alpha value is -2.77. The first-order valence-electron chi connectivity index (χ1n) is 13.3. The van der Waals surface area contributed by atoms with Crippen LogP contribution in [0.4, 0.5) is 0 Å². The standard InChI is InChI=1S/C29H39N3O4/c1-21-7-8-26(36-21)25-19-27(35-20-22-9-14-31(2)15-10-22)23-17-28(33-3)29(18-24(23)30-25)34-16-6-13-32-11-4-5-12-32/h7-8,17-19,22H,4-6,9-16,20H2,1-3H3. The van der Waals surface area contributed by atoms with E-state index in [-0.39, 0.29) is 0 Å². The molecule has 4 heterocycles. The van der Waals surface area contributed by atoms with Crippen LogP contribution in [-0.2, 0) is 0 Å². The van der Waals surface area contributed by atoms with Crippen LogP contribution in [-0.4, -0.2) is 74.9 Å². The number of benzene rings is 1. The van der Waals surface area contributed by atoms with Crippen LogP contribution in [0, 0.1) is 12.8 Å². The van der Waals surface area contributed by atoms with E-state index in [4.69, 9.17) is 23.6 Å². The Morgan fingerprint density at radius 2 is 1.78 bits per heavy atom. The van der Waals surface area contributed by atoms with Crippen LogP contribution in [0.15, 0.2) is 34.7 Å². The zero-order chi connectivity index (χ0) is 24.9. The minimum atomic E-state index is 0.554. The first-order chi connectivity index (χ1) is 17.6. The molecule has 1 aromatic carbocycles. The van der Waals surface area contributed by atoms with Gasteiger partial charge in [0.05, 0.1) is 25.8 Å².